The van der Waals surface area contributed by atoms with E-state index in [1.807, 2.05) is 11.0 Å². The zero-order valence-electron chi connectivity index (χ0n) is 9.90. The third kappa shape index (κ3) is 2.58. The second-order valence-corrected chi connectivity index (χ2v) is 4.59. The first kappa shape index (κ1) is 12.3. The Hall–Kier alpha value is -1.13. The second kappa shape index (κ2) is 5.47. The van der Waals surface area contributed by atoms with E-state index in [2.05, 4.69) is 0 Å². The average Bonchev–Trinajstić information content (AvgIpc) is 2.38. The van der Waals surface area contributed by atoms with E-state index >= 15 is 0 Å². The standard InChI is InChI=1S/C13H19FN2O/c14-12-5-1-4-11(7-15)13(12)16-6-2-3-10(8-16)9-17/h1,4-5,10,17H,2-3,6-9,15H2. The number of anilines is 1. The minimum atomic E-state index is -0.216. The number of halogens is 1. The lowest BCUT2D eigenvalue weighted by Crippen LogP contribution is -2.38. The number of nitrogens with two attached hydrogens (primary N) is 1. The number of para-hydroxylation sites is 1. The van der Waals surface area contributed by atoms with E-state index < -0.39 is 0 Å². The number of hydrogen-bond donors (Lipinski definition) is 2. The largest absolute Gasteiger partial charge is 0.396 e. The molecule has 1 aliphatic rings. The van der Waals surface area contributed by atoms with Gasteiger partial charge in [0.25, 0.3) is 0 Å². The summed E-state index contributed by atoms with van der Waals surface area (Å²) in [6, 6.07) is 5.02. The van der Waals surface area contributed by atoms with Crippen LogP contribution in [-0.4, -0.2) is 24.8 Å². The van der Waals surface area contributed by atoms with Crippen LogP contribution in [0.1, 0.15) is 18.4 Å². The lowest BCUT2D eigenvalue weighted by atomic mass is 9.97. The average molecular weight is 238 g/mol. The molecule has 1 aliphatic heterocycles. The van der Waals surface area contributed by atoms with Crippen molar-refractivity contribution in [2.24, 2.45) is 11.7 Å². The molecule has 3 nitrogen and oxygen atoms in total. The SMILES string of the molecule is NCc1cccc(F)c1N1CCCC(CO)C1. The topological polar surface area (TPSA) is 49.5 Å². The maximum atomic E-state index is 13.9. The van der Waals surface area contributed by atoms with Crippen LogP contribution in [0.25, 0.3) is 0 Å². The Balaban J connectivity index is 2.26. The van der Waals surface area contributed by atoms with Gasteiger partial charge in [0, 0.05) is 26.2 Å². The van der Waals surface area contributed by atoms with Crippen molar-refractivity contribution in [1.29, 1.82) is 0 Å². The van der Waals surface area contributed by atoms with E-state index in [0.717, 1.165) is 24.9 Å². The van der Waals surface area contributed by atoms with Gasteiger partial charge in [-0.1, -0.05) is 12.1 Å². The van der Waals surface area contributed by atoms with Crippen LogP contribution in [-0.2, 0) is 6.54 Å². The van der Waals surface area contributed by atoms with Crippen molar-refractivity contribution >= 4 is 5.69 Å². The smallest absolute Gasteiger partial charge is 0.146 e. The Bertz CT molecular complexity index is 384. The molecule has 0 aliphatic carbocycles. The Morgan fingerprint density at radius 2 is 2.29 bits per heavy atom. The molecule has 1 saturated heterocycles. The molecule has 0 bridgehead atoms. The van der Waals surface area contributed by atoms with Crippen LogP contribution in [0.15, 0.2) is 18.2 Å². The van der Waals surface area contributed by atoms with Crippen LogP contribution < -0.4 is 10.6 Å². The van der Waals surface area contributed by atoms with E-state index in [1.165, 1.54) is 6.07 Å². The molecule has 3 N–H and O–H groups in total. The molecule has 4 heteroatoms. The number of aliphatic hydroxyl groups excluding tert-OH is 1. The van der Waals surface area contributed by atoms with Crippen LogP contribution in [0.5, 0.6) is 0 Å². The zero-order chi connectivity index (χ0) is 12.3. The zero-order valence-corrected chi connectivity index (χ0v) is 9.90. The predicted molar refractivity (Wildman–Crippen MR) is 66.3 cm³/mol. The molecule has 1 atom stereocenters. The molecule has 0 aromatic heterocycles. The van der Waals surface area contributed by atoms with Crippen LogP contribution in [0, 0.1) is 11.7 Å². The highest BCUT2D eigenvalue weighted by atomic mass is 19.1. The Labute approximate surface area is 101 Å². The summed E-state index contributed by atoms with van der Waals surface area (Å²) in [6.07, 6.45) is 2.00. The molecular formula is C13H19FN2O. The predicted octanol–water partition coefficient (Wildman–Crippen LogP) is 1.49. The monoisotopic (exact) mass is 238 g/mol. The summed E-state index contributed by atoms with van der Waals surface area (Å²) in [6.45, 7) is 2.06. The molecule has 1 unspecified atom stereocenters. The van der Waals surface area contributed by atoms with Gasteiger partial charge in [-0.25, -0.2) is 4.39 Å². The highest BCUT2D eigenvalue weighted by Gasteiger charge is 2.23. The molecule has 17 heavy (non-hydrogen) atoms. The van der Waals surface area contributed by atoms with Gasteiger partial charge in [-0.15, -0.1) is 0 Å². The number of hydrogen-bond acceptors (Lipinski definition) is 3. The fourth-order valence-corrected chi connectivity index (χ4v) is 2.50. The Morgan fingerprint density at radius 3 is 3.00 bits per heavy atom. The minimum absolute atomic E-state index is 0.170. The van der Waals surface area contributed by atoms with Gasteiger partial charge in [-0.2, -0.15) is 0 Å². The summed E-state index contributed by atoms with van der Waals surface area (Å²) in [5.74, 6) is 0.0283. The lowest BCUT2D eigenvalue weighted by molar-refractivity contribution is 0.208. The van der Waals surface area contributed by atoms with Crippen molar-refractivity contribution < 1.29 is 9.50 Å². The summed E-state index contributed by atoms with van der Waals surface area (Å²) >= 11 is 0. The normalized spacial score (nSPS) is 20.6. The third-order valence-corrected chi connectivity index (χ3v) is 3.38. The molecule has 0 spiro atoms. The van der Waals surface area contributed by atoms with Crippen LogP contribution in [0.3, 0.4) is 0 Å². The molecular weight excluding hydrogens is 219 g/mol. The van der Waals surface area contributed by atoms with Crippen molar-refractivity contribution in [3.8, 4) is 0 Å². The van der Waals surface area contributed by atoms with Crippen molar-refractivity contribution in [2.75, 3.05) is 24.6 Å². The van der Waals surface area contributed by atoms with E-state index in [9.17, 15) is 9.50 Å². The molecule has 0 radical (unpaired) electrons. The summed E-state index contributed by atoms with van der Waals surface area (Å²) in [5, 5.41) is 9.21. The van der Waals surface area contributed by atoms with Crippen molar-refractivity contribution in [3.63, 3.8) is 0 Å². The maximum Gasteiger partial charge on any atom is 0.146 e. The first-order valence-electron chi connectivity index (χ1n) is 6.09. The number of piperidine rings is 1. The third-order valence-electron chi connectivity index (χ3n) is 3.38. The summed E-state index contributed by atoms with van der Waals surface area (Å²) in [7, 11) is 0. The minimum Gasteiger partial charge on any atom is -0.396 e. The van der Waals surface area contributed by atoms with Crippen LogP contribution in [0.2, 0.25) is 0 Å². The van der Waals surface area contributed by atoms with E-state index in [-0.39, 0.29) is 18.3 Å². The lowest BCUT2D eigenvalue weighted by Gasteiger charge is -2.35. The van der Waals surface area contributed by atoms with Gasteiger partial charge in [0.1, 0.15) is 5.82 Å². The quantitative estimate of drug-likeness (QED) is 0.839. The number of benzene rings is 1. The van der Waals surface area contributed by atoms with Gasteiger partial charge in [0.2, 0.25) is 0 Å². The number of rotatable bonds is 3. The van der Waals surface area contributed by atoms with E-state index in [0.29, 0.717) is 18.8 Å². The van der Waals surface area contributed by atoms with Crippen molar-refractivity contribution in [3.05, 3.63) is 29.6 Å². The molecule has 0 saturated carbocycles. The number of aliphatic hydroxyl groups is 1. The van der Waals surface area contributed by atoms with E-state index in [4.69, 9.17) is 5.73 Å². The molecule has 94 valence electrons. The molecule has 1 heterocycles. The number of nitrogens with zero attached hydrogens (tertiary/aromatic N) is 1. The summed E-state index contributed by atoms with van der Waals surface area (Å²) < 4.78 is 13.9. The molecule has 1 aromatic rings. The highest BCUT2D eigenvalue weighted by Crippen LogP contribution is 2.28. The van der Waals surface area contributed by atoms with Gasteiger partial charge >= 0.3 is 0 Å². The van der Waals surface area contributed by atoms with Crippen molar-refractivity contribution in [1.82, 2.24) is 0 Å². The molecule has 1 aromatic carbocycles. The first-order chi connectivity index (χ1) is 8.26. The van der Waals surface area contributed by atoms with Gasteiger partial charge in [0.05, 0.1) is 5.69 Å². The molecule has 1 fully saturated rings. The van der Waals surface area contributed by atoms with Crippen LogP contribution >= 0.6 is 0 Å². The van der Waals surface area contributed by atoms with Crippen LogP contribution in [0.4, 0.5) is 10.1 Å². The van der Waals surface area contributed by atoms with Gasteiger partial charge in [-0.3, -0.25) is 0 Å². The van der Waals surface area contributed by atoms with Crippen molar-refractivity contribution in [2.45, 2.75) is 19.4 Å². The first-order valence-corrected chi connectivity index (χ1v) is 6.09. The van der Waals surface area contributed by atoms with E-state index in [1.54, 1.807) is 6.07 Å². The molecule has 0 amide bonds. The summed E-state index contributed by atoms with van der Waals surface area (Å²) in [4.78, 5) is 2.02. The Morgan fingerprint density at radius 1 is 1.47 bits per heavy atom. The van der Waals surface area contributed by atoms with Gasteiger partial charge < -0.3 is 15.7 Å². The van der Waals surface area contributed by atoms with Gasteiger partial charge in [-0.05, 0) is 30.4 Å². The maximum absolute atomic E-state index is 13.9. The second-order valence-electron chi connectivity index (χ2n) is 4.59. The molecule has 2 rings (SSSR count). The summed E-state index contributed by atoms with van der Waals surface area (Å²) in [5.41, 5.74) is 7.11. The fourth-order valence-electron chi connectivity index (χ4n) is 2.50. The van der Waals surface area contributed by atoms with Gasteiger partial charge in [0.15, 0.2) is 0 Å². The Kier molecular flexibility index (Phi) is 3.97. The fraction of sp³-hybridized carbons (Fsp3) is 0.538. The highest BCUT2D eigenvalue weighted by molar-refractivity contribution is 5.55.